The van der Waals surface area contributed by atoms with Crippen molar-refractivity contribution in [3.05, 3.63) is 28.0 Å². The zero-order valence-corrected chi connectivity index (χ0v) is 9.89. The van der Waals surface area contributed by atoms with Crippen LogP contribution in [0.2, 0.25) is 0 Å². The van der Waals surface area contributed by atoms with E-state index in [9.17, 15) is 9.90 Å². The lowest BCUT2D eigenvalue weighted by Crippen LogP contribution is -2.26. The number of aliphatic hydroxyl groups is 2. The van der Waals surface area contributed by atoms with Gasteiger partial charge < -0.3 is 10.2 Å². The Morgan fingerprint density at radius 1 is 1.71 bits per heavy atom. The van der Waals surface area contributed by atoms with E-state index >= 15 is 0 Å². The number of β-amino-alcohol motifs (C(OH)–C–C–N with tert-alkyl or cyclic N) is 1. The van der Waals surface area contributed by atoms with Crippen LogP contribution in [0.1, 0.15) is 10.4 Å². The van der Waals surface area contributed by atoms with Crippen LogP contribution in [0.3, 0.4) is 0 Å². The van der Waals surface area contributed by atoms with Crippen LogP contribution >= 0.6 is 11.3 Å². The Bertz CT molecular complexity index is 429. The Balaban J connectivity index is 1.93. The first-order valence-electron chi connectivity index (χ1n) is 5.18. The molecule has 1 aliphatic heterocycles. The second-order valence-electron chi connectivity index (χ2n) is 3.70. The van der Waals surface area contributed by atoms with Crippen molar-refractivity contribution in [3.8, 4) is 0 Å². The molecule has 1 fully saturated rings. The number of carbonyl (C=O) groups excluding carboxylic acids is 1. The van der Waals surface area contributed by atoms with Gasteiger partial charge in [0.05, 0.1) is 13.2 Å². The summed E-state index contributed by atoms with van der Waals surface area (Å²) in [5.74, 6) is -0.291. The first-order chi connectivity index (χ1) is 8.19. The number of hydrogen-bond donors (Lipinski definition) is 2. The molecule has 1 saturated heterocycles. The summed E-state index contributed by atoms with van der Waals surface area (Å²) in [5.41, 5.74) is 0.829. The zero-order valence-electron chi connectivity index (χ0n) is 9.07. The third kappa shape index (κ3) is 3.13. The number of thiophene rings is 1. The highest BCUT2D eigenvalue weighted by atomic mass is 32.1. The minimum Gasteiger partial charge on any atom is -0.392 e. The van der Waals surface area contributed by atoms with Gasteiger partial charge in [0.1, 0.15) is 12.7 Å². The van der Waals surface area contributed by atoms with Crippen molar-refractivity contribution in [3.63, 3.8) is 0 Å². The molecule has 0 aromatic carbocycles. The Morgan fingerprint density at radius 2 is 2.53 bits per heavy atom. The molecule has 2 heterocycles. The normalized spacial score (nSPS) is 20.4. The van der Waals surface area contributed by atoms with E-state index in [2.05, 4.69) is 0 Å². The summed E-state index contributed by atoms with van der Waals surface area (Å²) in [5, 5.41) is 21.1. The van der Waals surface area contributed by atoms with Crippen molar-refractivity contribution in [1.29, 1.82) is 0 Å². The van der Waals surface area contributed by atoms with Gasteiger partial charge >= 0.3 is 0 Å². The topological polar surface area (TPSA) is 70.0 Å². The second-order valence-corrected chi connectivity index (χ2v) is 4.64. The Hall–Kier alpha value is -1.21. The molecule has 0 saturated carbocycles. The lowest BCUT2D eigenvalue weighted by Gasteiger charge is -2.09. The predicted molar refractivity (Wildman–Crippen MR) is 62.9 cm³/mol. The summed E-state index contributed by atoms with van der Waals surface area (Å²) in [6.07, 6.45) is 2.46. The van der Waals surface area contributed by atoms with E-state index in [0.717, 1.165) is 15.5 Å². The van der Waals surface area contributed by atoms with Crippen molar-refractivity contribution in [2.75, 3.05) is 13.2 Å². The van der Waals surface area contributed by atoms with Crippen LogP contribution in [-0.2, 0) is 16.2 Å². The SMILES string of the molecule is O=C(/C=C/c1cc(CO)cs1)N1CC(O)CO1. The number of nitrogens with zero attached hydrogens (tertiary/aromatic N) is 1. The molecule has 1 amide bonds. The predicted octanol–water partition coefficient (Wildman–Crippen LogP) is 0.388. The van der Waals surface area contributed by atoms with Crippen molar-refractivity contribution in [2.45, 2.75) is 12.7 Å². The Morgan fingerprint density at radius 3 is 3.12 bits per heavy atom. The van der Waals surface area contributed by atoms with E-state index < -0.39 is 6.10 Å². The van der Waals surface area contributed by atoms with E-state index in [0.29, 0.717) is 0 Å². The van der Waals surface area contributed by atoms with Crippen LogP contribution in [0.25, 0.3) is 6.08 Å². The van der Waals surface area contributed by atoms with Crippen LogP contribution in [0, 0.1) is 0 Å². The molecule has 5 nitrogen and oxygen atoms in total. The number of aliphatic hydroxyl groups excluding tert-OH is 2. The van der Waals surface area contributed by atoms with Crippen molar-refractivity contribution in [2.24, 2.45) is 0 Å². The number of amides is 1. The highest BCUT2D eigenvalue weighted by Crippen LogP contribution is 2.16. The molecule has 92 valence electrons. The standard InChI is InChI=1S/C11H13NO4S/c13-5-8-3-10(17-7-8)1-2-11(15)12-4-9(14)6-16-12/h1-3,7,9,13-14H,4-6H2/b2-1+. The maximum Gasteiger partial charge on any atom is 0.270 e. The lowest BCUT2D eigenvalue weighted by molar-refractivity contribution is -0.162. The van der Waals surface area contributed by atoms with Gasteiger partial charge in [-0.1, -0.05) is 0 Å². The second kappa shape index (κ2) is 5.42. The number of hydrogen-bond acceptors (Lipinski definition) is 5. The molecule has 0 aliphatic carbocycles. The molecule has 1 aromatic rings. The molecule has 17 heavy (non-hydrogen) atoms. The molecule has 6 heteroatoms. The van der Waals surface area contributed by atoms with Gasteiger partial charge in [-0.15, -0.1) is 11.3 Å². The average Bonchev–Trinajstić information content (AvgIpc) is 2.94. The first kappa shape index (κ1) is 12.3. The summed E-state index contributed by atoms with van der Waals surface area (Å²) in [4.78, 5) is 17.5. The fourth-order valence-corrected chi connectivity index (χ4v) is 2.22. The third-order valence-corrected chi connectivity index (χ3v) is 3.24. The van der Waals surface area contributed by atoms with Crippen molar-refractivity contribution in [1.82, 2.24) is 5.06 Å². The van der Waals surface area contributed by atoms with Gasteiger partial charge in [-0.3, -0.25) is 9.63 Å². The summed E-state index contributed by atoms with van der Waals surface area (Å²) >= 11 is 1.45. The van der Waals surface area contributed by atoms with Gasteiger partial charge in [0.25, 0.3) is 5.91 Å². The van der Waals surface area contributed by atoms with E-state index in [1.807, 2.05) is 11.4 Å². The number of rotatable bonds is 3. The quantitative estimate of drug-likeness (QED) is 0.766. The summed E-state index contributed by atoms with van der Waals surface area (Å²) in [6.45, 7) is 0.364. The molecule has 0 radical (unpaired) electrons. The fraction of sp³-hybridized carbons (Fsp3) is 0.364. The molecular weight excluding hydrogens is 242 g/mol. The first-order valence-corrected chi connectivity index (χ1v) is 6.06. The highest BCUT2D eigenvalue weighted by Gasteiger charge is 2.24. The van der Waals surface area contributed by atoms with Gasteiger partial charge in [0.15, 0.2) is 0 Å². The van der Waals surface area contributed by atoms with Crippen LogP contribution in [-0.4, -0.2) is 40.4 Å². The third-order valence-electron chi connectivity index (χ3n) is 2.29. The average molecular weight is 255 g/mol. The molecule has 2 rings (SSSR count). The number of hydroxylamine groups is 2. The zero-order chi connectivity index (χ0) is 12.3. The molecule has 0 spiro atoms. The Labute approximate surface area is 103 Å². The smallest absolute Gasteiger partial charge is 0.270 e. The monoisotopic (exact) mass is 255 g/mol. The van der Waals surface area contributed by atoms with Gasteiger partial charge in [-0.05, 0) is 23.1 Å². The van der Waals surface area contributed by atoms with E-state index in [1.54, 1.807) is 6.08 Å². The van der Waals surface area contributed by atoms with Gasteiger partial charge in [-0.25, -0.2) is 5.06 Å². The highest BCUT2D eigenvalue weighted by molar-refractivity contribution is 7.11. The Kier molecular flexibility index (Phi) is 3.90. The van der Waals surface area contributed by atoms with E-state index in [1.165, 1.54) is 17.4 Å². The van der Waals surface area contributed by atoms with E-state index in [4.69, 9.17) is 9.94 Å². The fourth-order valence-electron chi connectivity index (χ4n) is 1.43. The summed E-state index contributed by atoms with van der Waals surface area (Å²) < 4.78 is 0. The maximum absolute atomic E-state index is 11.6. The van der Waals surface area contributed by atoms with Crippen LogP contribution in [0.4, 0.5) is 0 Å². The van der Waals surface area contributed by atoms with Gasteiger partial charge in [0.2, 0.25) is 0 Å². The largest absolute Gasteiger partial charge is 0.392 e. The van der Waals surface area contributed by atoms with E-state index in [-0.39, 0.29) is 25.7 Å². The molecule has 2 N–H and O–H groups in total. The molecule has 1 unspecified atom stereocenters. The molecule has 0 bridgehead atoms. The summed E-state index contributed by atoms with van der Waals surface area (Å²) in [6, 6.07) is 1.81. The van der Waals surface area contributed by atoms with Crippen LogP contribution in [0.15, 0.2) is 17.5 Å². The van der Waals surface area contributed by atoms with Crippen molar-refractivity contribution < 1.29 is 19.8 Å². The van der Waals surface area contributed by atoms with Crippen molar-refractivity contribution >= 4 is 23.3 Å². The lowest BCUT2D eigenvalue weighted by atomic mass is 10.3. The minimum atomic E-state index is -0.602. The molecule has 1 aliphatic rings. The minimum absolute atomic E-state index is 0.000283. The molecule has 1 aromatic heterocycles. The summed E-state index contributed by atoms with van der Waals surface area (Å²) in [7, 11) is 0. The maximum atomic E-state index is 11.6. The number of carbonyl (C=O) groups is 1. The van der Waals surface area contributed by atoms with Gasteiger partial charge in [0, 0.05) is 11.0 Å². The molecular formula is C11H13NO4S. The van der Waals surface area contributed by atoms with Crippen LogP contribution in [0.5, 0.6) is 0 Å². The molecule has 1 atom stereocenters. The van der Waals surface area contributed by atoms with Crippen LogP contribution < -0.4 is 0 Å². The van der Waals surface area contributed by atoms with Gasteiger partial charge in [-0.2, -0.15) is 0 Å².